The average molecular weight is 528 g/mol. The van der Waals surface area contributed by atoms with E-state index in [1.807, 2.05) is 23.8 Å². The predicted molar refractivity (Wildman–Crippen MR) is 125 cm³/mol. The van der Waals surface area contributed by atoms with Crippen molar-refractivity contribution in [2.24, 2.45) is 4.99 Å². The van der Waals surface area contributed by atoms with E-state index in [9.17, 15) is 14.7 Å². The number of hydrogen-bond donors (Lipinski definition) is 3. The Morgan fingerprint density at radius 3 is 2.38 bits per heavy atom. The van der Waals surface area contributed by atoms with Crippen LogP contribution in [0.25, 0.3) is 0 Å². The molecule has 1 aliphatic rings. The number of carbonyl (C=O) groups is 2. The molecular formula is C20H25IN4O3S. The number of amides is 2. The summed E-state index contributed by atoms with van der Waals surface area (Å²) in [4.78, 5) is 30.5. The van der Waals surface area contributed by atoms with Crippen LogP contribution in [0, 0.1) is 0 Å². The van der Waals surface area contributed by atoms with Crippen LogP contribution in [0.1, 0.15) is 40.1 Å². The van der Waals surface area contributed by atoms with Gasteiger partial charge in [0, 0.05) is 19.6 Å². The summed E-state index contributed by atoms with van der Waals surface area (Å²) in [6.07, 6.45) is 0. The quantitative estimate of drug-likeness (QED) is 0.222. The standard InChI is InChI=1S/C20H24N4O3S.HI/c1-3-21-19(23-13-20(2,27)14-8-11-28-12-14)22-9-10-24-17(25)15-6-4-5-7-16(15)18(24)26;/h4-8,11-12,27H,3,9-10,13H2,1-2H3,(H2,21,22,23);1H. The number of halogens is 1. The first-order valence-electron chi connectivity index (χ1n) is 9.16. The Hall–Kier alpha value is -1.98. The third-order valence-electron chi connectivity index (χ3n) is 4.54. The Balaban J connectivity index is 0.00000300. The van der Waals surface area contributed by atoms with E-state index in [2.05, 4.69) is 15.6 Å². The van der Waals surface area contributed by atoms with Gasteiger partial charge in [-0.3, -0.25) is 14.5 Å². The lowest BCUT2D eigenvalue weighted by atomic mass is 10.00. The molecule has 1 atom stereocenters. The molecule has 0 saturated heterocycles. The fourth-order valence-electron chi connectivity index (χ4n) is 2.97. The van der Waals surface area contributed by atoms with Gasteiger partial charge in [-0.2, -0.15) is 11.3 Å². The van der Waals surface area contributed by atoms with Gasteiger partial charge < -0.3 is 15.7 Å². The van der Waals surface area contributed by atoms with Gasteiger partial charge in [0.05, 0.1) is 17.7 Å². The number of aliphatic hydroxyl groups is 1. The van der Waals surface area contributed by atoms with Crippen LogP contribution in [-0.2, 0) is 5.60 Å². The molecule has 0 aliphatic carbocycles. The lowest BCUT2D eigenvalue weighted by Gasteiger charge is -2.21. The maximum Gasteiger partial charge on any atom is 0.261 e. The summed E-state index contributed by atoms with van der Waals surface area (Å²) < 4.78 is 0. The van der Waals surface area contributed by atoms with E-state index in [1.54, 1.807) is 31.2 Å². The summed E-state index contributed by atoms with van der Waals surface area (Å²) in [7, 11) is 0. The summed E-state index contributed by atoms with van der Waals surface area (Å²) in [5.41, 5.74) is 0.646. The number of nitrogens with zero attached hydrogens (tertiary/aromatic N) is 2. The number of benzene rings is 1. The van der Waals surface area contributed by atoms with Gasteiger partial charge in [-0.05, 0) is 48.4 Å². The molecule has 0 fully saturated rings. The summed E-state index contributed by atoms with van der Waals surface area (Å²) in [6.45, 7) is 5.10. The first kappa shape index (κ1) is 23.3. The van der Waals surface area contributed by atoms with Crippen molar-refractivity contribution in [3.8, 4) is 0 Å². The number of fused-ring (bicyclic) bond motifs is 1. The Morgan fingerprint density at radius 2 is 1.83 bits per heavy atom. The normalized spacial score (nSPS) is 15.6. The number of thiophene rings is 1. The second-order valence-electron chi connectivity index (χ2n) is 6.72. The predicted octanol–water partition coefficient (Wildman–Crippen LogP) is 2.42. The van der Waals surface area contributed by atoms with Crippen molar-refractivity contribution >= 4 is 53.1 Å². The van der Waals surface area contributed by atoms with Crippen molar-refractivity contribution in [3.63, 3.8) is 0 Å². The molecule has 9 heteroatoms. The second-order valence-corrected chi connectivity index (χ2v) is 7.50. The fraction of sp³-hybridized carbons (Fsp3) is 0.350. The van der Waals surface area contributed by atoms with E-state index < -0.39 is 5.60 Å². The van der Waals surface area contributed by atoms with Crippen molar-refractivity contribution in [3.05, 3.63) is 57.8 Å². The van der Waals surface area contributed by atoms with Gasteiger partial charge in [0.25, 0.3) is 11.8 Å². The van der Waals surface area contributed by atoms with Crippen LogP contribution in [0.15, 0.2) is 46.1 Å². The van der Waals surface area contributed by atoms with E-state index in [1.165, 1.54) is 16.2 Å². The Morgan fingerprint density at radius 1 is 1.17 bits per heavy atom. The molecular weight excluding hydrogens is 503 g/mol. The molecule has 3 rings (SSSR count). The summed E-state index contributed by atoms with van der Waals surface area (Å²) in [5, 5.41) is 20.6. The van der Waals surface area contributed by atoms with Crippen molar-refractivity contribution < 1.29 is 14.7 Å². The molecule has 2 aromatic rings. The number of rotatable bonds is 7. The molecule has 2 amide bonds. The number of imide groups is 1. The zero-order chi connectivity index (χ0) is 20.1. The van der Waals surface area contributed by atoms with E-state index in [0.29, 0.717) is 30.2 Å². The Labute approximate surface area is 191 Å². The largest absolute Gasteiger partial charge is 0.383 e. The Kier molecular flexibility index (Phi) is 8.17. The van der Waals surface area contributed by atoms with E-state index in [-0.39, 0.29) is 48.9 Å². The molecule has 156 valence electrons. The molecule has 7 nitrogen and oxygen atoms in total. The maximum atomic E-state index is 12.4. The van der Waals surface area contributed by atoms with Crippen LogP contribution in [0.3, 0.4) is 0 Å². The van der Waals surface area contributed by atoms with E-state index in [0.717, 1.165) is 5.56 Å². The SMILES string of the molecule is CCNC(=NCC(C)(O)c1ccsc1)NCCN1C(=O)c2ccccc2C1=O.I. The van der Waals surface area contributed by atoms with Crippen molar-refractivity contribution in [2.75, 3.05) is 26.2 Å². The zero-order valence-corrected chi connectivity index (χ0v) is 19.5. The van der Waals surface area contributed by atoms with Gasteiger partial charge in [-0.1, -0.05) is 12.1 Å². The highest BCUT2D eigenvalue weighted by atomic mass is 127. The van der Waals surface area contributed by atoms with Gasteiger partial charge in [0.15, 0.2) is 5.96 Å². The third kappa shape index (κ3) is 5.34. The van der Waals surface area contributed by atoms with Crippen LogP contribution in [-0.4, -0.2) is 54.0 Å². The summed E-state index contributed by atoms with van der Waals surface area (Å²) in [5.74, 6) is -0.0240. The molecule has 1 aliphatic heterocycles. The van der Waals surface area contributed by atoms with Crippen molar-refractivity contribution in [1.82, 2.24) is 15.5 Å². The third-order valence-corrected chi connectivity index (χ3v) is 5.22. The first-order chi connectivity index (χ1) is 13.4. The van der Waals surface area contributed by atoms with Gasteiger partial charge >= 0.3 is 0 Å². The van der Waals surface area contributed by atoms with Gasteiger partial charge in [-0.25, -0.2) is 4.99 Å². The van der Waals surface area contributed by atoms with Gasteiger partial charge in [-0.15, -0.1) is 24.0 Å². The number of nitrogens with one attached hydrogen (secondary N) is 2. The maximum absolute atomic E-state index is 12.4. The molecule has 0 spiro atoms. The summed E-state index contributed by atoms with van der Waals surface area (Å²) >= 11 is 1.53. The fourth-order valence-corrected chi connectivity index (χ4v) is 3.75. The first-order valence-corrected chi connectivity index (χ1v) is 10.1. The van der Waals surface area contributed by atoms with Crippen LogP contribution < -0.4 is 10.6 Å². The minimum absolute atomic E-state index is 0. The molecule has 1 aromatic carbocycles. The number of guanidine groups is 1. The average Bonchev–Trinajstić information content (AvgIpc) is 3.31. The molecule has 2 heterocycles. The molecule has 0 radical (unpaired) electrons. The van der Waals surface area contributed by atoms with Crippen molar-refractivity contribution in [2.45, 2.75) is 19.4 Å². The highest BCUT2D eigenvalue weighted by Crippen LogP contribution is 2.23. The molecule has 3 N–H and O–H groups in total. The van der Waals surface area contributed by atoms with E-state index >= 15 is 0 Å². The van der Waals surface area contributed by atoms with Crippen LogP contribution >= 0.6 is 35.3 Å². The topological polar surface area (TPSA) is 94.0 Å². The van der Waals surface area contributed by atoms with Crippen molar-refractivity contribution in [1.29, 1.82) is 0 Å². The summed E-state index contributed by atoms with van der Waals surface area (Å²) in [6, 6.07) is 8.72. The van der Waals surface area contributed by atoms with Gasteiger partial charge in [0.2, 0.25) is 0 Å². The number of aliphatic imine (C=N–C) groups is 1. The van der Waals surface area contributed by atoms with Crippen LogP contribution in [0.5, 0.6) is 0 Å². The van der Waals surface area contributed by atoms with Crippen LogP contribution in [0.2, 0.25) is 0 Å². The van der Waals surface area contributed by atoms with E-state index in [4.69, 9.17) is 0 Å². The number of carbonyl (C=O) groups excluding carboxylic acids is 2. The minimum atomic E-state index is -1.06. The molecule has 0 saturated carbocycles. The smallest absolute Gasteiger partial charge is 0.261 e. The second kappa shape index (κ2) is 10.2. The zero-order valence-electron chi connectivity index (χ0n) is 16.3. The monoisotopic (exact) mass is 528 g/mol. The highest BCUT2D eigenvalue weighted by molar-refractivity contribution is 14.0. The van der Waals surface area contributed by atoms with Crippen LogP contribution in [0.4, 0.5) is 0 Å². The Bertz CT molecular complexity index is 849. The molecule has 29 heavy (non-hydrogen) atoms. The number of hydrogen-bond acceptors (Lipinski definition) is 5. The highest BCUT2D eigenvalue weighted by Gasteiger charge is 2.34. The molecule has 1 aromatic heterocycles. The van der Waals surface area contributed by atoms with Gasteiger partial charge in [0.1, 0.15) is 5.60 Å². The minimum Gasteiger partial charge on any atom is -0.383 e. The lowest BCUT2D eigenvalue weighted by molar-refractivity contribution is 0.0656. The lowest BCUT2D eigenvalue weighted by Crippen LogP contribution is -2.43. The molecule has 0 bridgehead atoms. The molecule has 1 unspecified atom stereocenters.